The van der Waals surface area contributed by atoms with Crippen molar-refractivity contribution >= 4 is 64.2 Å². The summed E-state index contributed by atoms with van der Waals surface area (Å²) in [5, 5.41) is 29.8. The van der Waals surface area contributed by atoms with Crippen LogP contribution in [0.1, 0.15) is 28.8 Å². The summed E-state index contributed by atoms with van der Waals surface area (Å²) >= 11 is 14.3. The summed E-state index contributed by atoms with van der Waals surface area (Å²) in [7, 11) is 0. The summed E-state index contributed by atoms with van der Waals surface area (Å²) < 4.78 is 79.4. The van der Waals surface area contributed by atoms with Gasteiger partial charge in [-0.1, -0.05) is 11.6 Å². The first-order valence-corrected chi connectivity index (χ1v) is 16.8. The van der Waals surface area contributed by atoms with Crippen LogP contribution in [0.15, 0.2) is 59.9 Å². The van der Waals surface area contributed by atoms with Gasteiger partial charge in [-0.15, -0.1) is 23.2 Å². The molecule has 3 aromatic rings. The fraction of sp³-hybridized carbons (Fsp3) is 0.250. The number of phenols is 2. The lowest BCUT2D eigenvalue weighted by atomic mass is 9.56. The number of carbonyl (C=O) groups is 5. The number of ether oxygens (including phenoxy) is 1. The third-order valence-corrected chi connectivity index (χ3v) is 12.3. The molecule has 3 heterocycles. The molecule has 4 amide bonds. The summed E-state index contributed by atoms with van der Waals surface area (Å²) in [6.45, 7) is 0. The van der Waals surface area contributed by atoms with Crippen molar-refractivity contribution in [2.24, 2.45) is 23.7 Å². The number of hydrogen-bond donors (Lipinski definition) is 3. The van der Waals surface area contributed by atoms with E-state index in [2.05, 4.69) is 0 Å². The molecule has 3 aromatic carbocycles. The number of amides is 4. The second kappa shape index (κ2) is 11.8. The zero-order valence-corrected chi connectivity index (χ0v) is 28.4. The molecule has 3 N–H and O–H groups in total. The molecule has 6 atom stereocenters. The Morgan fingerprint density at radius 3 is 2.15 bits per heavy atom. The number of carboxylic acids is 1. The van der Waals surface area contributed by atoms with Crippen LogP contribution in [0.2, 0.25) is 0 Å². The summed E-state index contributed by atoms with van der Waals surface area (Å²) in [5.74, 6) is -24.9. The predicted molar refractivity (Wildman–Crippen MR) is 175 cm³/mol. The van der Waals surface area contributed by atoms with Crippen molar-refractivity contribution in [1.29, 1.82) is 0 Å². The van der Waals surface area contributed by atoms with Gasteiger partial charge in [0.2, 0.25) is 17.6 Å². The standard InChI is InChI=1S/C36H21Cl2F5N2O9/c37-35-10-19-16(4-5-18-22(19)31(49)44(30(18)48)14-1-3-17(32(50)51)20(47)9-14)23(13-7-12-8-15(46)2-6-21(12)54-11-13)36(35,38)34(53)45(33(35)52)29-27(42)25(40)24(39)26(41)28(29)43/h1-4,6,8-9,11,18-19,22-23,46-47H,5,7,10H2,(H,50,51)/t18-,19+,22-,23-,35+,36-/m0/s1. The van der Waals surface area contributed by atoms with E-state index in [4.69, 9.17) is 27.9 Å². The average Bonchev–Trinajstić information content (AvgIpc) is 3.47. The predicted octanol–water partition coefficient (Wildman–Crippen LogP) is 5.61. The molecule has 3 fully saturated rings. The third kappa shape index (κ3) is 4.49. The lowest BCUT2D eigenvalue weighted by Gasteiger charge is -2.51. The maximum atomic E-state index is 15.3. The number of rotatable bonds is 4. The van der Waals surface area contributed by atoms with Crippen molar-refractivity contribution in [3.8, 4) is 17.2 Å². The largest absolute Gasteiger partial charge is 0.508 e. The van der Waals surface area contributed by atoms with Gasteiger partial charge in [0, 0.05) is 24.0 Å². The molecule has 0 bridgehead atoms. The number of hydrogen-bond acceptors (Lipinski definition) is 8. The first kappa shape index (κ1) is 35.5. The van der Waals surface area contributed by atoms with Gasteiger partial charge < -0.3 is 20.1 Å². The number of nitrogens with zero attached hydrogens (tertiary/aromatic N) is 2. The van der Waals surface area contributed by atoms with Crippen molar-refractivity contribution in [3.63, 3.8) is 0 Å². The molecule has 0 aromatic heterocycles. The zero-order valence-electron chi connectivity index (χ0n) is 26.9. The van der Waals surface area contributed by atoms with Crippen molar-refractivity contribution in [2.75, 3.05) is 9.80 Å². The molecule has 1 saturated carbocycles. The number of carboxylic acid groups (broad SMARTS) is 1. The van der Waals surface area contributed by atoms with Crippen molar-refractivity contribution in [2.45, 2.75) is 29.0 Å². The highest BCUT2D eigenvalue weighted by atomic mass is 35.5. The quantitative estimate of drug-likeness (QED) is 0.0762. The molecule has 2 saturated heterocycles. The molecule has 0 unspecified atom stereocenters. The van der Waals surface area contributed by atoms with Gasteiger partial charge in [-0.25, -0.2) is 36.5 Å². The smallest absolute Gasteiger partial charge is 0.339 e. The summed E-state index contributed by atoms with van der Waals surface area (Å²) in [5.41, 5.74) is -2.00. The van der Waals surface area contributed by atoms with E-state index in [-0.39, 0.29) is 46.1 Å². The molecule has 3 aliphatic heterocycles. The van der Waals surface area contributed by atoms with Gasteiger partial charge in [0.05, 0.1) is 23.8 Å². The molecule has 0 spiro atoms. The van der Waals surface area contributed by atoms with Gasteiger partial charge in [0.25, 0.3) is 11.8 Å². The van der Waals surface area contributed by atoms with E-state index in [1.54, 1.807) is 0 Å². The Labute approximate surface area is 309 Å². The monoisotopic (exact) mass is 790 g/mol. The van der Waals surface area contributed by atoms with E-state index in [9.17, 15) is 52.5 Å². The Bertz CT molecular complexity index is 2360. The number of fused-ring (bicyclic) bond motifs is 5. The zero-order chi connectivity index (χ0) is 38.9. The number of aromatic hydroxyl groups is 2. The number of aromatic carboxylic acids is 1. The average molecular weight is 791 g/mol. The molecule has 2 aliphatic carbocycles. The van der Waals surface area contributed by atoms with Crippen LogP contribution in [0.4, 0.5) is 33.3 Å². The van der Waals surface area contributed by atoms with E-state index in [1.165, 1.54) is 30.5 Å². The van der Waals surface area contributed by atoms with Gasteiger partial charge in [-0.2, -0.15) is 0 Å². The van der Waals surface area contributed by atoms with Crippen LogP contribution >= 0.6 is 23.2 Å². The normalized spacial score (nSPS) is 28.6. The molecular formula is C36H21Cl2F5N2O9. The van der Waals surface area contributed by atoms with E-state index in [1.807, 2.05) is 0 Å². The molecule has 54 heavy (non-hydrogen) atoms. The molecule has 278 valence electrons. The van der Waals surface area contributed by atoms with Crippen molar-refractivity contribution < 1.29 is 66.0 Å². The molecule has 5 aliphatic rings. The number of allylic oxidation sites excluding steroid dienone is 3. The van der Waals surface area contributed by atoms with E-state index >= 15 is 8.78 Å². The molecule has 8 rings (SSSR count). The topological polar surface area (TPSA) is 162 Å². The molecule has 18 heteroatoms. The van der Waals surface area contributed by atoms with E-state index in [0.717, 1.165) is 23.1 Å². The van der Waals surface area contributed by atoms with E-state index in [0.29, 0.717) is 5.56 Å². The van der Waals surface area contributed by atoms with Crippen LogP contribution in [0.5, 0.6) is 17.2 Å². The van der Waals surface area contributed by atoms with Gasteiger partial charge >= 0.3 is 5.97 Å². The maximum absolute atomic E-state index is 15.3. The van der Waals surface area contributed by atoms with Gasteiger partial charge in [0.1, 0.15) is 28.5 Å². The van der Waals surface area contributed by atoms with Crippen LogP contribution in [-0.4, -0.2) is 54.7 Å². The number of imide groups is 2. The van der Waals surface area contributed by atoms with Gasteiger partial charge in [0.15, 0.2) is 33.0 Å². The fourth-order valence-electron chi connectivity index (χ4n) is 8.47. The van der Waals surface area contributed by atoms with Gasteiger partial charge in [-0.3, -0.25) is 19.2 Å². The number of anilines is 2. The Balaban J connectivity index is 1.29. The number of phenolic OH excluding ortho intramolecular Hbond substituents is 1. The highest BCUT2D eigenvalue weighted by Crippen LogP contribution is 2.65. The fourth-order valence-corrected chi connectivity index (χ4v) is 9.42. The Hall–Kier alpha value is -5.48. The first-order chi connectivity index (χ1) is 25.4. The van der Waals surface area contributed by atoms with Crippen LogP contribution < -0.4 is 14.5 Å². The Morgan fingerprint density at radius 2 is 1.50 bits per heavy atom. The number of benzene rings is 3. The highest BCUT2D eigenvalue weighted by molar-refractivity contribution is 6.58. The Morgan fingerprint density at radius 1 is 0.833 bits per heavy atom. The van der Waals surface area contributed by atoms with Crippen LogP contribution in [0.3, 0.4) is 0 Å². The lowest BCUT2D eigenvalue weighted by Crippen LogP contribution is -2.61. The van der Waals surface area contributed by atoms with Crippen molar-refractivity contribution in [1.82, 2.24) is 0 Å². The van der Waals surface area contributed by atoms with E-state index < -0.39 is 116 Å². The highest BCUT2D eigenvalue weighted by Gasteiger charge is 2.77. The summed E-state index contributed by atoms with van der Waals surface area (Å²) in [6, 6.07) is 7.09. The summed E-state index contributed by atoms with van der Waals surface area (Å²) in [4.78, 5) is 63.4. The first-order valence-electron chi connectivity index (χ1n) is 16.0. The third-order valence-electron chi connectivity index (χ3n) is 10.8. The lowest BCUT2D eigenvalue weighted by molar-refractivity contribution is -0.125. The van der Waals surface area contributed by atoms with Gasteiger partial charge in [-0.05, 0) is 54.7 Å². The molecule has 0 radical (unpaired) electrons. The maximum Gasteiger partial charge on any atom is 0.339 e. The minimum absolute atomic E-state index is 0.103. The minimum atomic E-state index is -2.77. The van der Waals surface area contributed by atoms with Crippen LogP contribution in [0, 0.1) is 52.8 Å². The van der Waals surface area contributed by atoms with Crippen molar-refractivity contribution in [3.05, 3.63) is 100 Å². The summed E-state index contributed by atoms with van der Waals surface area (Å²) in [6.07, 6.45) is 1.60. The second-order valence-corrected chi connectivity index (χ2v) is 14.7. The number of carbonyl (C=O) groups excluding carboxylic acids is 4. The molecular weight excluding hydrogens is 770 g/mol. The SMILES string of the molecule is O=C(O)c1ccc(N2C(=O)[C@H]3[C@H](CC=C4[C@H](C5=COc6ccc(O)cc6C5)[C@]5(Cl)C(=O)N(c6c(F)c(F)c(F)c(F)c6F)C(=O)[C@]5(Cl)C[C@H]43)C2=O)cc1O. The number of halogens is 7. The van der Waals surface area contributed by atoms with Crippen LogP contribution in [-0.2, 0) is 25.6 Å². The Kier molecular flexibility index (Phi) is 7.74. The number of alkyl halides is 2. The molecule has 11 nitrogen and oxygen atoms in total. The second-order valence-electron chi connectivity index (χ2n) is 13.5. The minimum Gasteiger partial charge on any atom is -0.508 e. The van der Waals surface area contributed by atoms with Crippen LogP contribution in [0.25, 0.3) is 0 Å².